The van der Waals surface area contributed by atoms with Crippen LogP contribution in [0.3, 0.4) is 0 Å². The Morgan fingerprint density at radius 1 is 1.33 bits per heavy atom. The molecule has 0 bridgehead atoms. The molecule has 1 saturated carbocycles. The molecular weight excluding hydrogens is 288 g/mol. The molecule has 0 radical (unpaired) electrons. The third-order valence-corrected chi connectivity index (χ3v) is 4.54. The molecule has 3 heterocycles. The smallest absolute Gasteiger partial charge is 0.202 e. The molecule has 0 atom stereocenters. The van der Waals surface area contributed by atoms with Crippen molar-refractivity contribution >= 4 is 11.8 Å². The highest BCUT2D eigenvalue weighted by atomic mass is 32.2. The minimum Gasteiger partial charge on any atom is -0.461 e. The zero-order chi connectivity index (χ0) is 14.2. The van der Waals surface area contributed by atoms with Crippen LogP contribution in [0, 0.1) is 0 Å². The summed E-state index contributed by atoms with van der Waals surface area (Å²) in [4.78, 5) is 0. The van der Waals surface area contributed by atoms with Gasteiger partial charge in [-0.05, 0) is 25.0 Å². The second-order valence-corrected chi connectivity index (χ2v) is 6.07. The Bertz CT molecular complexity index is 743. The van der Waals surface area contributed by atoms with E-state index in [0.29, 0.717) is 23.2 Å². The molecule has 0 saturated heterocycles. The summed E-state index contributed by atoms with van der Waals surface area (Å²) in [6, 6.07) is 5.57. The van der Waals surface area contributed by atoms with Gasteiger partial charge in [0.2, 0.25) is 5.76 Å². The highest BCUT2D eigenvalue weighted by Gasteiger charge is 2.29. The van der Waals surface area contributed by atoms with Crippen molar-refractivity contribution in [2.45, 2.75) is 29.7 Å². The van der Waals surface area contributed by atoms with Crippen LogP contribution in [0.1, 0.15) is 30.3 Å². The lowest BCUT2D eigenvalue weighted by Gasteiger charge is -2.00. The normalized spacial score (nSPS) is 14.7. The van der Waals surface area contributed by atoms with Gasteiger partial charge in [-0.25, -0.2) is 0 Å². The molecule has 3 aromatic heterocycles. The fourth-order valence-corrected chi connectivity index (χ4v) is 3.00. The molecule has 6 nitrogen and oxygen atoms in total. The van der Waals surface area contributed by atoms with E-state index >= 15 is 0 Å². The first-order chi connectivity index (χ1) is 10.3. The summed E-state index contributed by atoms with van der Waals surface area (Å²) in [5.41, 5.74) is 0.863. The van der Waals surface area contributed by atoms with E-state index < -0.39 is 0 Å². The lowest BCUT2D eigenvalue weighted by atomic mass is 10.3. The van der Waals surface area contributed by atoms with Crippen LogP contribution in [0.25, 0.3) is 11.5 Å². The van der Waals surface area contributed by atoms with Gasteiger partial charge in [0.15, 0.2) is 10.9 Å². The molecule has 0 N–H and O–H groups in total. The first-order valence-electron chi connectivity index (χ1n) is 6.83. The van der Waals surface area contributed by atoms with E-state index in [1.165, 1.54) is 12.8 Å². The van der Waals surface area contributed by atoms with Gasteiger partial charge in [0.05, 0.1) is 12.0 Å². The fraction of sp³-hybridized carbons (Fsp3) is 0.357. The number of nitrogens with zero attached hydrogens (tertiary/aromatic N) is 4. The molecule has 3 aromatic rings. The van der Waals surface area contributed by atoms with Crippen molar-refractivity contribution in [3.05, 3.63) is 36.0 Å². The zero-order valence-corrected chi connectivity index (χ0v) is 12.3. The highest BCUT2D eigenvalue weighted by Crippen LogP contribution is 2.39. The van der Waals surface area contributed by atoms with Gasteiger partial charge in [-0.2, -0.15) is 0 Å². The Kier molecular flexibility index (Phi) is 3.07. The van der Waals surface area contributed by atoms with Gasteiger partial charge in [-0.15, -0.1) is 10.2 Å². The fourth-order valence-electron chi connectivity index (χ4n) is 2.20. The van der Waals surface area contributed by atoms with Gasteiger partial charge in [-0.3, -0.25) is 0 Å². The van der Waals surface area contributed by atoms with Gasteiger partial charge < -0.3 is 13.5 Å². The molecule has 4 rings (SSSR count). The molecule has 0 aliphatic heterocycles. The maximum atomic E-state index is 5.28. The first-order valence-corrected chi connectivity index (χ1v) is 7.81. The predicted octanol–water partition coefficient (Wildman–Crippen LogP) is 3.23. The summed E-state index contributed by atoms with van der Waals surface area (Å²) in [7, 11) is 2.02. The summed E-state index contributed by atoms with van der Waals surface area (Å²) in [6.07, 6.45) is 4.07. The van der Waals surface area contributed by atoms with E-state index in [9.17, 15) is 0 Å². The monoisotopic (exact) mass is 302 g/mol. The standard InChI is InChI=1S/C14H14N4O2S/c1-18-13(9-4-5-9)15-16-14(18)21-8-10-7-12(20-17-10)11-3-2-6-19-11/h2-3,6-7,9H,4-5,8H2,1H3. The van der Waals surface area contributed by atoms with Gasteiger partial charge in [0, 0.05) is 24.8 Å². The molecule has 0 unspecified atom stereocenters. The average molecular weight is 302 g/mol. The number of hydrogen-bond acceptors (Lipinski definition) is 6. The van der Waals surface area contributed by atoms with Crippen molar-refractivity contribution in [2.75, 3.05) is 0 Å². The van der Waals surface area contributed by atoms with Crippen molar-refractivity contribution in [3.8, 4) is 11.5 Å². The van der Waals surface area contributed by atoms with E-state index in [1.807, 2.05) is 25.2 Å². The van der Waals surface area contributed by atoms with Crippen LogP contribution in [0.5, 0.6) is 0 Å². The molecule has 0 aromatic carbocycles. The predicted molar refractivity (Wildman–Crippen MR) is 76.7 cm³/mol. The molecule has 1 fully saturated rings. The van der Waals surface area contributed by atoms with Gasteiger partial charge in [-0.1, -0.05) is 16.9 Å². The molecular formula is C14H14N4O2S. The van der Waals surface area contributed by atoms with Crippen molar-refractivity contribution in [3.63, 3.8) is 0 Å². The van der Waals surface area contributed by atoms with E-state index in [2.05, 4.69) is 19.9 Å². The lowest BCUT2D eigenvalue weighted by Crippen LogP contribution is -1.97. The second-order valence-electron chi connectivity index (χ2n) is 5.12. The molecule has 0 amide bonds. The van der Waals surface area contributed by atoms with Crippen molar-refractivity contribution in [2.24, 2.45) is 7.05 Å². The van der Waals surface area contributed by atoms with Crippen LogP contribution >= 0.6 is 11.8 Å². The van der Waals surface area contributed by atoms with Crippen LogP contribution in [-0.4, -0.2) is 19.9 Å². The number of rotatable bonds is 5. The number of hydrogen-bond donors (Lipinski definition) is 0. The van der Waals surface area contributed by atoms with Crippen LogP contribution < -0.4 is 0 Å². The van der Waals surface area contributed by atoms with Crippen molar-refractivity contribution < 1.29 is 8.94 Å². The molecule has 21 heavy (non-hydrogen) atoms. The first kappa shape index (κ1) is 12.7. The van der Waals surface area contributed by atoms with E-state index in [0.717, 1.165) is 16.7 Å². The minimum atomic E-state index is 0.606. The quantitative estimate of drug-likeness (QED) is 0.674. The minimum absolute atomic E-state index is 0.606. The summed E-state index contributed by atoms with van der Waals surface area (Å²) >= 11 is 1.61. The van der Waals surface area contributed by atoms with E-state index in [1.54, 1.807) is 18.0 Å². The SMILES string of the molecule is Cn1c(SCc2cc(-c3ccco3)on2)nnc1C1CC1. The van der Waals surface area contributed by atoms with Crippen LogP contribution in [-0.2, 0) is 12.8 Å². The Hall–Kier alpha value is -2.02. The zero-order valence-electron chi connectivity index (χ0n) is 11.5. The molecule has 0 spiro atoms. The van der Waals surface area contributed by atoms with Gasteiger partial charge in [0.1, 0.15) is 5.82 Å². The molecule has 7 heteroatoms. The largest absolute Gasteiger partial charge is 0.461 e. The highest BCUT2D eigenvalue weighted by molar-refractivity contribution is 7.98. The van der Waals surface area contributed by atoms with Gasteiger partial charge >= 0.3 is 0 Å². The number of thioether (sulfide) groups is 1. The van der Waals surface area contributed by atoms with Crippen LogP contribution in [0.2, 0.25) is 0 Å². The van der Waals surface area contributed by atoms with Gasteiger partial charge in [0.25, 0.3) is 0 Å². The maximum absolute atomic E-state index is 5.28. The Balaban J connectivity index is 1.45. The Labute approximate surface area is 125 Å². The summed E-state index contributed by atoms with van der Waals surface area (Å²) in [6.45, 7) is 0. The lowest BCUT2D eigenvalue weighted by molar-refractivity contribution is 0.413. The van der Waals surface area contributed by atoms with Crippen molar-refractivity contribution in [1.82, 2.24) is 19.9 Å². The second kappa shape index (κ2) is 5.07. The molecule has 108 valence electrons. The molecule has 1 aliphatic rings. The number of furan rings is 1. The third-order valence-electron chi connectivity index (χ3n) is 3.48. The maximum Gasteiger partial charge on any atom is 0.202 e. The Morgan fingerprint density at radius 3 is 3.00 bits per heavy atom. The Morgan fingerprint density at radius 2 is 2.24 bits per heavy atom. The summed E-state index contributed by atoms with van der Waals surface area (Å²) in [5.74, 6) is 3.73. The number of aromatic nitrogens is 4. The van der Waals surface area contributed by atoms with Crippen LogP contribution in [0.4, 0.5) is 0 Å². The van der Waals surface area contributed by atoms with Crippen LogP contribution in [0.15, 0.2) is 38.6 Å². The van der Waals surface area contributed by atoms with E-state index in [-0.39, 0.29) is 0 Å². The third kappa shape index (κ3) is 2.49. The van der Waals surface area contributed by atoms with Crippen molar-refractivity contribution in [1.29, 1.82) is 0 Å². The average Bonchev–Trinajstić information content (AvgIpc) is 2.94. The summed E-state index contributed by atoms with van der Waals surface area (Å²) < 4.78 is 12.6. The summed E-state index contributed by atoms with van der Waals surface area (Å²) in [5, 5.41) is 13.5. The molecule has 1 aliphatic carbocycles. The topological polar surface area (TPSA) is 69.9 Å². The van der Waals surface area contributed by atoms with E-state index in [4.69, 9.17) is 8.94 Å².